The molecule has 0 rings (SSSR count). The highest BCUT2D eigenvalue weighted by Gasteiger charge is 2.05. The highest BCUT2D eigenvalue weighted by atomic mass is 31.0. The van der Waals surface area contributed by atoms with Gasteiger partial charge in [0, 0.05) is 12.1 Å². The summed E-state index contributed by atoms with van der Waals surface area (Å²) in [6.07, 6.45) is 4.52. The Morgan fingerprint density at radius 3 is 2.71 bits per heavy atom. The number of hydrogen-bond acceptors (Lipinski definition) is 4. The molecule has 0 radical (unpaired) electrons. The van der Waals surface area contributed by atoms with Gasteiger partial charge in [0.1, 0.15) is 0 Å². The van der Waals surface area contributed by atoms with Crippen LogP contribution in [0.1, 0.15) is 0 Å². The maximum atomic E-state index is 11.0. The number of nitrogens with zero attached hydrogens (tertiary/aromatic N) is 1. The topological polar surface area (TPSA) is 87.7 Å². The summed E-state index contributed by atoms with van der Waals surface area (Å²) in [7, 11) is 2.92. The van der Waals surface area contributed by atoms with Gasteiger partial charge in [0.25, 0.3) is 5.91 Å². The average molecular weight is 213 g/mol. The molecule has 5 nitrogen and oxygen atoms in total. The molecule has 0 saturated heterocycles. The monoisotopic (exact) mass is 213 g/mol. The van der Waals surface area contributed by atoms with Crippen LogP contribution in [0.2, 0.25) is 0 Å². The standard InChI is InChI=1S/C8H12N3O2P/c1-2-3-7(11-14)4-6(5-9)8(12)10-13/h2-4,13-14H,1,5,9H2,(H,10,12)/b6-4+,7-3+. The van der Waals surface area contributed by atoms with Crippen molar-refractivity contribution in [2.24, 2.45) is 10.5 Å². The predicted octanol–water partition coefficient (Wildman–Crippen LogP) is 0.773. The fourth-order valence-corrected chi connectivity index (χ4v) is 0.845. The van der Waals surface area contributed by atoms with E-state index in [1.807, 2.05) is 0 Å². The second kappa shape index (κ2) is 7.15. The van der Waals surface area contributed by atoms with Gasteiger partial charge in [-0.1, -0.05) is 12.7 Å². The third-order valence-electron chi connectivity index (χ3n) is 1.35. The lowest BCUT2D eigenvalue weighted by Gasteiger charge is -2.01. The average Bonchev–Trinajstić information content (AvgIpc) is 2.23. The molecule has 76 valence electrons. The number of nitrogens with two attached hydrogens (primary N) is 1. The number of carbonyl (C=O) groups excluding carboxylic acids is 1. The fraction of sp³-hybridized carbons (Fsp3) is 0.125. The minimum absolute atomic E-state index is 0.00260. The van der Waals surface area contributed by atoms with Crippen molar-refractivity contribution in [2.75, 3.05) is 6.54 Å². The van der Waals surface area contributed by atoms with Crippen LogP contribution < -0.4 is 11.2 Å². The van der Waals surface area contributed by atoms with E-state index in [2.05, 4.69) is 20.4 Å². The molecule has 0 aromatic rings. The molecule has 0 heterocycles. The maximum absolute atomic E-state index is 11.0. The van der Waals surface area contributed by atoms with E-state index in [-0.39, 0.29) is 12.1 Å². The van der Waals surface area contributed by atoms with Crippen molar-refractivity contribution in [1.82, 2.24) is 5.48 Å². The zero-order valence-electron chi connectivity index (χ0n) is 7.53. The number of rotatable bonds is 5. The Morgan fingerprint density at radius 2 is 2.36 bits per heavy atom. The first kappa shape index (κ1) is 12.7. The molecule has 6 heteroatoms. The Balaban J connectivity index is 4.89. The van der Waals surface area contributed by atoms with E-state index >= 15 is 0 Å². The van der Waals surface area contributed by atoms with Gasteiger partial charge < -0.3 is 5.73 Å². The van der Waals surface area contributed by atoms with Crippen molar-refractivity contribution < 1.29 is 10.0 Å². The van der Waals surface area contributed by atoms with Crippen LogP contribution in [0.25, 0.3) is 0 Å². The quantitative estimate of drug-likeness (QED) is 0.207. The van der Waals surface area contributed by atoms with Crippen molar-refractivity contribution in [3.8, 4) is 0 Å². The molecule has 0 spiro atoms. The van der Waals surface area contributed by atoms with E-state index in [1.54, 1.807) is 6.08 Å². The summed E-state index contributed by atoms with van der Waals surface area (Å²) < 4.78 is 3.68. The minimum Gasteiger partial charge on any atom is -0.326 e. The van der Waals surface area contributed by atoms with E-state index < -0.39 is 5.91 Å². The summed E-state index contributed by atoms with van der Waals surface area (Å²) in [5, 5.41) is 8.37. The normalized spacial score (nSPS) is 12.1. The molecule has 0 saturated carbocycles. The van der Waals surface area contributed by atoms with E-state index in [0.29, 0.717) is 5.70 Å². The summed E-state index contributed by atoms with van der Waals surface area (Å²) in [4.78, 5) is 11.0. The predicted molar refractivity (Wildman–Crippen MR) is 56.1 cm³/mol. The largest absolute Gasteiger partial charge is 0.326 e. The lowest BCUT2D eigenvalue weighted by molar-refractivity contribution is -0.125. The van der Waals surface area contributed by atoms with Gasteiger partial charge in [0.05, 0.1) is 5.70 Å². The zero-order valence-corrected chi connectivity index (χ0v) is 8.53. The van der Waals surface area contributed by atoms with E-state index in [4.69, 9.17) is 10.9 Å². The van der Waals surface area contributed by atoms with Gasteiger partial charge in [-0.2, -0.15) is 0 Å². The van der Waals surface area contributed by atoms with Crippen LogP contribution in [-0.4, -0.2) is 17.7 Å². The Hall–Kier alpha value is -1.29. The SMILES string of the molecule is C=C/C=C(\C=C(/CN)C(=O)NO)N=P. The number of hydroxylamine groups is 1. The van der Waals surface area contributed by atoms with Crippen LogP contribution in [0.4, 0.5) is 0 Å². The van der Waals surface area contributed by atoms with Crippen LogP contribution in [-0.2, 0) is 4.79 Å². The van der Waals surface area contributed by atoms with Crippen molar-refractivity contribution in [2.45, 2.75) is 0 Å². The Labute approximate surface area is 84.3 Å². The van der Waals surface area contributed by atoms with Crippen LogP contribution in [0.3, 0.4) is 0 Å². The van der Waals surface area contributed by atoms with E-state index in [1.165, 1.54) is 17.6 Å². The Kier molecular flexibility index (Phi) is 6.49. The molecule has 0 aliphatic rings. The molecular weight excluding hydrogens is 201 g/mol. The molecule has 14 heavy (non-hydrogen) atoms. The molecule has 1 amide bonds. The van der Waals surface area contributed by atoms with Gasteiger partial charge in [-0.25, -0.2) is 10.2 Å². The van der Waals surface area contributed by atoms with Crippen LogP contribution in [0, 0.1) is 0 Å². The molecular formula is C8H12N3O2P. The fourth-order valence-electron chi connectivity index (χ4n) is 0.706. The lowest BCUT2D eigenvalue weighted by Crippen LogP contribution is -2.25. The second-order valence-corrected chi connectivity index (χ2v) is 2.48. The molecule has 0 aliphatic heterocycles. The van der Waals surface area contributed by atoms with Crippen molar-refractivity contribution in [3.63, 3.8) is 0 Å². The third-order valence-corrected chi connectivity index (χ3v) is 1.61. The molecule has 0 aliphatic carbocycles. The number of carbonyl (C=O) groups is 1. The number of allylic oxidation sites excluding steroid dienone is 3. The van der Waals surface area contributed by atoms with Crippen LogP contribution in [0.5, 0.6) is 0 Å². The highest BCUT2D eigenvalue weighted by Crippen LogP contribution is 2.05. The van der Waals surface area contributed by atoms with E-state index in [0.717, 1.165) is 0 Å². The first-order valence-corrected chi connectivity index (χ1v) is 4.19. The van der Waals surface area contributed by atoms with Gasteiger partial charge in [-0.05, 0) is 21.2 Å². The first-order chi connectivity index (χ1) is 6.69. The van der Waals surface area contributed by atoms with Crippen molar-refractivity contribution in [1.29, 1.82) is 0 Å². The van der Waals surface area contributed by atoms with Crippen LogP contribution >= 0.6 is 9.03 Å². The molecule has 4 N–H and O–H groups in total. The summed E-state index contributed by atoms with van der Waals surface area (Å²) in [6.45, 7) is 3.48. The number of nitrogens with one attached hydrogen (secondary N) is 1. The highest BCUT2D eigenvalue weighted by molar-refractivity contribution is 7.04. The lowest BCUT2D eigenvalue weighted by atomic mass is 10.2. The molecule has 0 aromatic heterocycles. The maximum Gasteiger partial charge on any atom is 0.271 e. The van der Waals surface area contributed by atoms with Gasteiger partial charge in [-0.3, -0.25) is 10.0 Å². The first-order valence-electron chi connectivity index (χ1n) is 3.74. The summed E-state index contributed by atoms with van der Waals surface area (Å²) >= 11 is 0. The Morgan fingerprint density at radius 1 is 1.71 bits per heavy atom. The molecule has 0 bridgehead atoms. The van der Waals surface area contributed by atoms with Gasteiger partial charge in [0.15, 0.2) is 0 Å². The second-order valence-electron chi connectivity index (χ2n) is 2.25. The minimum atomic E-state index is -0.655. The molecule has 0 fully saturated rings. The summed E-state index contributed by atoms with van der Waals surface area (Å²) in [5.74, 6) is -0.655. The van der Waals surface area contributed by atoms with Crippen molar-refractivity contribution in [3.05, 3.63) is 36.1 Å². The van der Waals surface area contributed by atoms with Crippen molar-refractivity contribution >= 4 is 14.9 Å². The van der Waals surface area contributed by atoms with E-state index in [9.17, 15) is 4.79 Å². The Bertz CT molecular complexity index is 297. The molecule has 0 unspecified atom stereocenters. The number of amides is 1. The number of hydrogen-bond donors (Lipinski definition) is 3. The van der Waals surface area contributed by atoms with Crippen LogP contribution in [0.15, 0.2) is 40.8 Å². The zero-order chi connectivity index (χ0) is 11.0. The van der Waals surface area contributed by atoms with Gasteiger partial charge in [-0.15, -0.1) is 0 Å². The molecule has 0 atom stereocenters. The summed E-state index contributed by atoms with van der Waals surface area (Å²) in [6, 6.07) is 0. The smallest absolute Gasteiger partial charge is 0.271 e. The van der Waals surface area contributed by atoms with Gasteiger partial charge in [0.2, 0.25) is 0 Å². The summed E-state index contributed by atoms with van der Waals surface area (Å²) in [5.41, 5.74) is 7.47. The third kappa shape index (κ3) is 4.09. The van der Waals surface area contributed by atoms with Gasteiger partial charge >= 0.3 is 0 Å². The molecule has 0 aromatic carbocycles.